The largest absolute Gasteiger partial charge is 0.478 e. The van der Waals surface area contributed by atoms with Gasteiger partial charge in [0.15, 0.2) is 0 Å². The Kier molecular flexibility index (Phi) is 4.56. The van der Waals surface area contributed by atoms with Gasteiger partial charge in [0.25, 0.3) is 0 Å². The van der Waals surface area contributed by atoms with Crippen LogP contribution in [-0.2, 0) is 0 Å². The molecule has 0 saturated heterocycles. The first kappa shape index (κ1) is 13.1. The summed E-state index contributed by atoms with van der Waals surface area (Å²) in [5.41, 5.74) is 0.171. The fourth-order valence-electron chi connectivity index (χ4n) is 1.17. The van der Waals surface area contributed by atoms with E-state index >= 15 is 0 Å². The number of carboxylic acid groups (broad SMARTS) is 2. The third-order valence-electron chi connectivity index (χ3n) is 1.94. The molecule has 1 rings (SSSR count). The smallest absolute Gasteiger partial charge is 0.336 e. The average molecular weight is 253 g/mol. The van der Waals surface area contributed by atoms with Crippen molar-refractivity contribution < 1.29 is 19.8 Å². The van der Waals surface area contributed by atoms with Crippen molar-refractivity contribution in [2.45, 2.75) is 6.42 Å². The Bertz CT molecular complexity index is 511. The second kappa shape index (κ2) is 5.92. The molecule has 0 aliphatic carbocycles. The predicted molar refractivity (Wildman–Crippen MR) is 62.6 cm³/mol. The number of carboxylic acids is 2. The van der Waals surface area contributed by atoms with Crippen LogP contribution >= 0.6 is 11.6 Å². The van der Waals surface area contributed by atoms with Crippen LogP contribution in [0.1, 0.15) is 32.7 Å². The van der Waals surface area contributed by atoms with Gasteiger partial charge in [0.2, 0.25) is 0 Å². The predicted octanol–water partition coefficient (Wildman–Crippen LogP) is 2.06. The summed E-state index contributed by atoms with van der Waals surface area (Å²) < 4.78 is 0. The minimum absolute atomic E-state index is 0.00479. The first-order valence-electron chi connectivity index (χ1n) is 4.71. The maximum Gasteiger partial charge on any atom is 0.336 e. The third kappa shape index (κ3) is 3.51. The van der Waals surface area contributed by atoms with E-state index in [1.54, 1.807) is 0 Å². The molecule has 88 valence electrons. The molecule has 0 amide bonds. The monoisotopic (exact) mass is 252 g/mol. The van der Waals surface area contributed by atoms with E-state index in [0.717, 1.165) is 0 Å². The zero-order chi connectivity index (χ0) is 12.8. The highest BCUT2D eigenvalue weighted by Gasteiger charge is 2.11. The van der Waals surface area contributed by atoms with Crippen molar-refractivity contribution in [3.63, 3.8) is 0 Å². The van der Waals surface area contributed by atoms with E-state index in [4.69, 9.17) is 21.8 Å². The van der Waals surface area contributed by atoms with Gasteiger partial charge in [-0.3, -0.25) is 0 Å². The Morgan fingerprint density at radius 1 is 1.24 bits per heavy atom. The molecule has 4 nitrogen and oxygen atoms in total. The summed E-state index contributed by atoms with van der Waals surface area (Å²) in [5.74, 6) is 3.36. The second-order valence-electron chi connectivity index (χ2n) is 3.11. The lowest BCUT2D eigenvalue weighted by Gasteiger charge is -2.00. The maximum absolute atomic E-state index is 10.9. The van der Waals surface area contributed by atoms with Crippen molar-refractivity contribution in [3.8, 4) is 11.8 Å². The van der Waals surface area contributed by atoms with E-state index in [0.29, 0.717) is 12.3 Å². The molecule has 0 bridgehead atoms. The number of hydrogen-bond donors (Lipinski definition) is 2. The molecule has 0 atom stereocenters. The Morgan fingerprint density at radius 2 is 1.94 bits per heavy atom. The summed E-state index contributed by atoms with van der Waals surface area (Å²) in [6.45, 7) is 0. The quantitative estimate of drug-likeness (QED) is 0.638. The summed E-state index contributed by atoms with van der Waals surface area (Å²) >= 11 is 5.44. The highest BCUT2D eigenvalue weighted by molar-refractivity contribution is 6.18. The third-order valence-corrected chi connectivity index (χ3v) is 2.13. The molecule has 0 saturated carbocycles. The number of alkyl halides is 1. The molecule has 1 aromatic carbocycles. The van der Waals surface area contributed by atoms with E-state index < -0.39 is 11.9 Å². The fourth-order valence-corrected chi connectivity index (χ4v) is 1.27. The molecule has 0 aromatic heterocycles. The second-order valence-corrected chi connectivity index (χ2v) is 3.49. The Morgan fingerprint density at radius 3 is 2.47 bits per heavy atom. The number of rotatable bonds is 3. The first-order chi connectivity index (χ1) is 8.06. The lowest BCUT2D eigenvalue weighted by atomic mass is 10.0. The molecule has 0 fully saturated rings. The topological polar surface area (TPSA) is 74.6 Å². The molecule has 0 aliphatic rings. The van der Waals surface area contributed by atoms with Gasteiger partial charge in [0, 0.05) is 17.9 Å². The lowest BCUT2D eigenvalue weighted by Crippen LogP contribution is -2.03. The molecule has 0 spiro atoms. The zero-order valence-electron chi connectivity index (χ0n) is 8.74. The molecular weight excluding hydrogens is 244 g/mol. The van der Waals surface area contributed by atoms with Gasteiger partial charge >= 0.3 is 11.9 Å². The van der Waals surface area contributed by atoms with Crippen molar-refractivity contribution in [2.24, 2.45) is 0 Å². The number of halogens is 1. The Balaban J connectivity index is 3.22. The van der Waals surface area contributed by atoms with Crippen molar-refractivity contribution >= 4 is 23.5 Å². The van der Waals surface area contributed by atoms with E-state index in [9.17, 15) is 9.59 Å². The van der Waals surface area contributed by atoms with Gasteiger partial charge in [-0.1, -0.05) is 11.8 Å². The molecule has 0 unspecified atom stereocenters. The van der Waals surface area contributed by atoms with Crippen molar-refractivity contribution in [1.82, 2.24) is 0 Å². The summed E-state index contributed by atoms with van der Waals surface area (Å²) in [7, 11) is 0. The van der Waals surface area contributed by atoms with Gasteiger partial charge in [0.1, 0.15) is 0 Å². The molecule has 1 aromatic rings. The highest BCUT2D eigenvalue weighted by atomic mass is 35.5. The molecular formula is C12H9ClO4. The van der Waals surface area contributed by atoms with Gasteiger partial charge in [-0.15, -0.1) is 11.6 Å². The molecule has 0 radical (unpaired) electrons. The van der Waals surface area contributed by atoms with Crippen LogP contribution in [0.15, 0.2) is 18.2 Å². The van der Waals surface area contributed by atoms with Crippen LogP contribution in [-0.4, -0.2) is 28.0 Å². The molecule has 17 heavy (non-hydrogen) atoms. The van der Waals surface area contributed by atoms with Crippen LogP contribution in [0.4, 0.5) is 0 Å². The molecule has 5 heteroatoms. The van der Waals surface area contributed by atoms with Crippen LogP contribution in [0.25, 0.3) is 0 Å². The first-order valence-corrected chi connectivity index (χ1v) is 5.25. The highest BCUT2D eigenvalue weighted by Crippen LogP contribution is 2.11. The Labute approximate surface area is 103 Å². The molecule has 0 aliphatic heterocycles. The minimum atomic E-state index is -1.14. The normalized spacial score (nSPS) is 9.24. The summed E-state index contributed by atoms with van der Waals surface area (Å²) in [4.78, 5) is 21.6. The SMILES string of the molecule is O=C(O)c1ccc(C(=O)O)c(C#CCCCl)c1. The molecule has 2 N–H and O–H groups in total. The standard InChI is InChI=1S/C12H9ClO4/c13-6-2-1-3-8-7-9(11(14)15)4-5-10(8)12(16)17/h4-5,7H,2,6H2,(H,14,15)(H,16,17). The van der Waals surface area contributed by atoms with Gasteiger partial charge in [-0.25, -0.2) is 9.59 Å². The van der Waals surface area contributed by atoms with Crippen molar-refractivity contribution in [3.05, 3.63) is 34.9 Å². The summed E-state index contributed by atoms with van der Waals surface area (Å²) in [6, 6.07) is 3.71. The number of hydrogen-bond acceptors (Lipinski definition) is 2. The van der Waals surface area contributed by atoms with Gasteiger partial charge < -0.3 is 10.2 Å². The average Bonchev–Trinajstić information content (AvgIpc) is 2.28. The summed E-state index contributed by atoms with van der Waals surface area (Å²) in [5, 5.41) is 17.7. The number of benzene rings is 1. The van der Waals surface area contributed by atoms with Gasteiger partial charge in [-0.2, -0.15) is 0 Å². The molecule has 0 heterocycles. The van der Waals surface area contributed by atoms with E-state index in [-0.39, 0.29) is 16.7 Å². The number of aromatic carboxylic acids is 2. The van der Waals surface area contributed by atoms with Crippen LogP contribution < -0.4 is 0 Å². The van der Waals surface area contributed by atoms with Crippen molar-refractivity contribution in [1.29, 1.82) is 0 Å². The van der Waals surface area contributed by atoms with Crippen LogP contribution in [0.3, 0.4) is 0 Å². The van der Waals surface area contributed by atoms with Gasteiger partial charge in [-0.05, 0) is 18.2 Å². The lowest BCUT2D eigenvalue weighted by molar-refractivity contribution is 0.0681. The van der Waals surface area contributed by atoms with Crippen molar-refractivity contribution in [2.75, 3.05) is 5.88 Å². The zero-order valence-corrected chi connectivity index (χ0v) is 9.49. The van der Waals surface area contributed by atoms with Crippen LogP contribution in [0.5, 0.6) is 0 Å². The van der Waals surface area contributed by atoms with E-state index in [2.05, 4.69) is 11.8 Å². The maximum atomic E-state index is 10.9. The van der Waals surface area contributed by atoms with E-state index in [1.165, 1.54) is 18.2 Å². The summed E-state index contributed by atoms with van der Waals surface area (Å²) in [6.07, 6.45) is 0.415. The Hall–Kier alpha value is -1.99. The van der Waals surface area contributed by atoms with Gasteiger partial charge in [0.05, 0.1) is 11.1 Å². The van der Waals surface area contributed by atoms with Crippen LogP contribution in [0.2, 0.25) is 0 Å². The van der Waals surface area contributed by atoms with Crippen LogP contribution in [0, 0.1) is 11.8 Å². The fraction of sp³-hybridized carbons (Fsp3) is 0.167. The number of carbonyl (C=O) groups is 2. The van der Waals surface area contributed by atoms with E-state index in [1.807, 2.05) is 0 Å². The minimum Gasteiger partial charge on any atom is -0.478 e.